The van der Waals surface area contributed by atoms with Crippen LogP contribution in [0, 0.1) is 0 Å². The molecule has 1 unspecified atom stereocenters. The average Bonchev–Trinajstić information content (AvgIpc) is 3.13. The van der Waals surface area contributed by atoms with Crippen molar-refractivity contribution in [3.05, 3.63) is 23.8 Å². The van der Waals surface area contributed by atoms with Crippen molar-refractivity contribution in [2.75, 3.05) is 26.7 Å². The van der Waals surface area contributed by atoms with Gasteiger partial charge in [-0.3, -0.25) is 0 Å². The Labute approximate surface area is 96.1 Å². The third-order valence-corrected chi connectivity index (χ3v) is 3.37. The maximum absolute atomic E-state index is 4.69. The Morgan fingerprint density at radius 3 is 3.06 bits per heavy atom. The van der Waals surface area contributed by atoms with Crippen LogP contribution in [0.1, 0.15) is 36.3 Å². The number of piperazine rings is 1. The second-order valence-electron chi connectivity index (χ2n) is 4.88. The van der Waals surface area contributed by atoms with Gasteiger partial charge in [0.2, 0.25) is 0 Å². The summed E-state index contributed by atoms with van der Waals surface area (Å²) in [7, 11) is 2.16. The van der Waals surface area contributed by atoms with E-state index in [4.69, 9.17) is 4.98 Å². The Balaban J connectivity index is 1.79. The molecule has 3 rings (SSSR count). The van der Waals surface area contributed by atoms with Gasteiger partial charge in [0.05, 0.1) is 11.7 Å². The van der Waals surface area contributed by atoms with E-state index >= 15 is 0 Å². The SMILES string of the molecule is CN1CCNC(c2ccnc(C3CC3)n2)C1. The Morgan fingerprint density at radius 1 is 1.44 bits per heavy atom. The molecule has 1 aromatic rings. The summed E-state index contributed by atoms with van der Waals surface area (Å²) in [5.74, 6) is 1.69. The minimum absolute atomic E-state index is 0.374. The van der Waals surface area contributed by atoms with Gasteiger partial charge in [-0.25, -0.2) is 9.97 Å². The van der Waals surface area contributed by atoms with Crippen molar-refractivity contribution in [2.45, 2.75) is 24.8 Å². The highest BCUT2D eigenvalue weighted by Gasteiger charge is 2.27. The quantitative estimate of drug-likeness (QED) is 0.802. The first kappa shape index (κ1) is 10.2. The molecule has 1 aromatic heterocycles. The zero-order valence-corrected chi connectivity index (χ0v) is 9.69. The maximum atomic E-state index is 4.69. The van der Waals surface area contributed by atoms with Crippen LogP contribution in [0.3, 0.4) is 0 Å². The lowest BCUT2D eigenvalue weighted by atomic mass is 10.1. The second kappa shape index (κ2) is 4.11. The van der Waals surface area contributed by atoms with Gasteiger partial charge in [-0.2, -0.15) is 0 Å². The smallest absolute Gasteiger partial charge is 0.131 e. The van der Waals surface area contributed by atoms with Crippen LogP contribution in [-0.2, 0) is 0 Å². The third kappa shape index (κ3) is 2.08. The van der Waals surface area contributed by atoms with E-state index in [1.807, 2.05) is 12.3 Å². The summed E-state index contributed by atoms with van der Waals surface area (Å²) in [5, 5.41) is 3.52. The fraction of sp³-hybridized carbons (Fsp3) is 0.667. The van der Waals surface area contributed by atoms with E-state index < -0.39 is 0 Å². The molecule has 0 radical (unpaired) electrons. The van der Waals surface area contributed by atoms with Crippen LogP contribution < -0.4 is 5.32 Å². The number of rotatable bonds is 2. The van der Waals surface area contributed by atoms with Crippen molar-refractivity contribution in [2.24, 2.45) is 0 Å². The minimum Gasteiger partial charge on any atom is -0.306 e. The molecule has 4 nitrogen and oxygen atoms in total. The molecule has 2 fully saturated rings. The summed E-state index contributed by atoms with van der Waals surface area (Å²) in [4.78, 5) is 11.4. The molecule has 86 valence electrons. The normalized spacial score (nSPS) is 26.9. The van der Waals surface area contributed by atoms with E-state index in [2.05, 4.69) is 22.2 Å². The molecule has 1 atom stereocenters. The summed E-state index contributed by atoms with van der Waals surface area (Å²) >= 11 is 0. The molecule has 0 bridgehead atoms. The zero-order valence-electron chi connectivity index (χ0n) is 9.69. The number of hydrogen-bond donors (Lipinski definition) is 1. The van der Waals surface area contributed by atoms with Crippen LogP contribution in [0.5, 0.6) is 0 Å². The molecule has 1 aliphatic heterocycles. The number of likely N-dealkylation sites (N-methyl/N-ethyl adjacent to an activating group) is 1. The van der Waals surface area contributed by atoms with E-state index in [0.29, 0.717) is 12.0 Å². The Bertz CT molecular complexity index is 375. The molecule has 16 heavy (non-hydrogen) atoms. The van der Waals surface area contributed by atoms with Gasteiger partial charge in [-0.05, 0) is 26.0 Å². The molecule has 0 aromatic carbocycles. The fourth-order valence-corrected chi connectivity index (χ4v) is 2.22. The van der Waals surface area contributed by atoms with Gasteiger partial charge in [0.1, 0.15) is 5.82 Å². The molecule has 2 heterocycles. The predicted molar refractivity (Wildman–Crippen MR) is 62.2 cm³/mol. The topological polar surface area (TPSA) is 41.0 Å². The molecule has 1 N–H and O–H groups in total. The number of aromatic nitrogens is 2. The molecule has 0 amide bonds. The standard InChI is InChI=1S/C12H18N4/c1-16-7-6-13-11(8-16)10-4-5-14-12(15-10)9-2-3-9/h4-5,9,11,13H,2-3,6-8H2,1H3. The van der Waals surface area contributed by atoms with Gasteiger partial charge < -0.3 is 10.2 Å². The van der Waals surface area contributed by atoms with Crippen LogP contribution in [0.2, 0.25) is 0 Å². The lowest BCUT2D eigenvalue weighted by molar-refractivity contribution is 0.238. The molecule has 0 spiro atoms. The first-order valence-electron chi connectivity index (χ1n) is 6.08. The van der Waals surface area contributed by atoms with Gasteiger partial charge in [0.15, 0.2) is 0 Å². The van der Waals surface area contributed by atoms with Crippen molar-refractivity contribution in [3.63, 3.8) is 0 Å². The highest BCUT2D eigenvalue weighted by Crippen LogP contribution is 2.38. The van der Waals surface area contributed by atoms with E-state index in [0.717, 1.165) is 31.2 Å². The Morgan fingerprint density at radius 2 is 2.31 bits per heavy atom. The van der Waals surface area contributed by atoms with E-state index in [9.17, 15) is 0 Å². The lowest BCUT2D eigenvalue weighted by Crippen LogP contribution is -2.44. The zero-order chi connectivity index (χ0) is 11.0. The molecule has 1 aliphatic carbocycles. The number of hydrogen-bond acceptors (Lipinski definition) is 4. The molecular formula is C12H18N4. The summed E-state index contributed by atoms with van der Waals surface area (Å²) in [6, 6.07) is 2.42. The van der Waals surface area contributed by atoms with Crippen LogP contribution >= 0.6 is 0 Å². The van der Waals surface area contributed by atoms with Gasteiger partial charge in [-0.15, -0.1) is 0 Å². The minimum atomic E-state index is 0.374. The summed E-state index contributed by atoms with van der Waals surface area (Å²) in [6.45, 7) is 3.21. The highest BCUT2D eigenvalue weighted by molar-refractivity contribution is 5.13. The number of nitrogens with zero attached hydrogens (tertiary/aromatic N) is 3. The van der Waals surface area contributed by atoms with Crippen molar-refractivity contribution in [3.8, 4) is 0 Å². The number of nitrogens with one attached hydrogen (secondary N) is 1. The predicted octanol–water partition coefficient (Wildman–Crippen LogP) is 0.930. The van der Waals surface area contributed by atoms with Crippen molar-refractivity contribution >= 4 is 0 Å². The second-order valence-corrected chi connectivity index (χ2v) is 4.88. The van der Waals surface area contributed by atoms with Crippen LogP contribution in [0.25, 0.3) is 0 Å². The van der Waals surface area contributed by atoms with Crippen LogP contribution in [0.4, 0.5) is 0 Å². The van der Waals surface area contributed by atoms with Crippen molar-refractivity contribution < 1.29 is 0 Å². The third-order valence-electron chi connectivity index (χ3n) is 3.37. The van der Waals surface area contributed by atoms with Gasteiger partial charge in [0.25, 0.3) is 0 Å². The maximum Gasteiger partial charge on any atom is 0.131 e. The highest BCUT2D eigenvalue weighted by atomic mass is 15.2. The Kier molecular flexibility index (Phi) is 2.61. The van der Waals surface area contributed by atoms with E-state index in [1.165, 1.54) is 12.8 Å². The fourth-order valence-electron chi connectivity index (χ4n) is 2.22. The van der Waals surface area contributed by atoms with Gasteiger partial charge in [-0.1, -0.05) is 0 Å². The largest absolute Gasteiger partial charge is 0.306 e. The average molecular weight is 218 g/mol. The summed E-state index contributed by atoms with van der Waals surface area (Å²) in [5.41, 5.74) is 1.16. The monoisotopic (exact) mass is 218 g/mol. The van der Waals surface area contributed by atoms with Gasteiger partial charge >= 0.3 is 0 Å². The van der Waals surface area contributed by atoms with E-state index in [-0.39, 0.29) is 0 Å². The van der Waals surface area contributed by atoms with Crippen molar-refractivity contribution in [1.82, 2.24) is 20.2 Å². The lowest BCUT2D eigenvalue weighted by Gasteiger charge is -2.30. The van der Waals surface area contributed by atoms with Crippen LogP contribution in [-0.4, -0.2) is 41.5 Å². The first-order valence-corrected chi connectivity index (χ1v) is 6.08. The van der Waals surface area contributed by atoms with E-state index in [1.54, 1.807) is 0 Å². The summed E-state index contributed by atoms with van der Waals surface area (Å²) < 4.78 is 0. The molecule has 1 saturated heterocycles. The molecular weight excluding hydrogens is 200 g/mol. The summed E-state index contributed by atoms with van der Waals surface area (Å²) in [6.07, 6.45) is 4.44. The van der Waals surface area contributed by atoms with Crippen LogP contribution in [0.15, 0.2) is 12.3 Å². The molecule has 2 aliphatic rings. The first-order chi connectivity index (χ1) is 7.83. The molecule has 1 saturated carbocycles. The molecule has 4 heteroatoms. The Hall–Kier alpha value is -1.00. The van der Waals surface area contributed by atoms with Gasteiger partial charge in [0, 0.05) is 31.7 Å². The van der Waals surface area contributed by atoms with Crippen molar-refractivity contribution in [1.29, 1.82) is 0 Å².